The van der Waals surface area contributed by atoms with Crippen LogP contribution in [0.4, 0.5) is 0 Å². The molecular formula is C51H74O6. The predicted octanol–water partition coefficient (Wildman–Crippen LogP) is 10.0. The molecule has 7 aliphatic carbocycles. The van der Waals surface area contributed by atoms with Crippen LogP contribution in [0.1, 0.15) is 155 Å². The van der Waals surface area contributed by atoms with Crippen LogP contribution in [0.2, 0.25) is 0 Å². The maximum absolute atomic E-state index is 13.2. The number of carboxylic acids is 1. The lowest BCUT2D eigenvalue weighted by Gasteiger charge is -2.85. The number of aliphatic carboxylic acids is 1. The Hall–Kier alpha value is -1.91. The predicted molar refractivity (Wildman–Crippen MR) is 223 cm³/mol. The third-order valence-electron chi connectivity index (χ3n) is 21.3. The van der Waals surface area contributed by atoms with Gasteiger partial charge < -0.3 is 24.8 Å². The maximum Gasteiger partial charge on any atom is 0.309 e. The van der Waals surface area contributed by atoms with E-state index in [9.17, 15) is 20.1 Å². The molecule has 7 fully saturated rings. The monoisotopic (exact) mass is 783 g/mol. The van der Waals surface area contributed by atoms with E-state index < -0.39 is 28.0 Å². The van der Waals surface area contributed by atoms with Gasteiger partial charge in [-0.3, -0.25) is 4.79 Å². The number of benzene rings is 1. The van der Waals surface area contributed by atoms with Crippen molar-refractivity contribution in [1.82, 2.24) is 0 Å². The fraction of sp³-hybridized carbons (Fsp3) is 0.824. The molecule has 6 heteroatoms. The summed E-state index contributed by atoms with van der Waals surface area (Å²) in [5, 5.41) is 36.2. The smallest absolute Gasteiger partial charge is 0.309 e. The standard InChI is InChI=1S/C51H74O6/c1-8-10-35-11-9-20-48-26-27-49-34(2)51(55,57-41(49)29-37-14-12-36(13-15-37)19-28-56-7)31-39-17-16-38(46(48,6)50(39,49)33-52)30-47(21-18-35)40-32-44(4,42(53)54)23-22-43(40,3)24-25-45(47,48)5/h12-15,34-35,38-41,52,55H,8,10-11,16-19,21-33H2,1-7H3,(H,53,54)/t34-,35-,38-,39+,40?,41+,43+,44-,45+,46-,47+,48-,49+,50+,51-/m1/s1. The van der Waals surface area contributed by atoms with Crippen LogP contribution in [0.5, 0.6) is 0 Å². The van der Waals surface area contributed by atoms with Crippen LogP contribution >= 0.6 is 0 Å². The summed E-state index contributed by atoms with van der Waals surface area (Å²) in [6.07, 6.45) is 17.4. The van der Waals surface area contributed by atoms with Gasteiger partial charge in [-0.1, -0.05) is 71.2 Å². The van der Waals surface area contributed by atoms with Crippen molar-refractivity contribution in [2.24, 2.45) is 72.9 Å². The van der Waals surface area contributed by atoms with E-state index in [1.807, 2.05) is 0 Å². The van der Waals surface area contributed by atoms with Gasteiger partial charge in [0, 0.05) is 42.1 Å². The summed E-state index contributed by atoms with van der Waals surface area (Å²) in [7, 11) is 1.75. The molecule has 1 saturated heterocycles. The van der Waals surface area contributed by atoms with Gasteiger partial charge >= 0.3 is 5.97 Å². The SMILES string of the molecule is CCC[C@@H]1CC#C[C@@]23CC[C@]45[C@H](Cc6ccc(CCOC)cc6)O[C@](O)(C[C@@H]6CC[C@H](C[C@@]7(CC1)C1C[C@](C)(C(=O)O)CC[C@@]1(C)CC[C@@]72C)[C@@]3(C)[C@]64CO)[C@@H]5C. The highest BCUT2D eigenvalue weighted by Crippen LogP contribution is 2.91. The molecule has 57 heavy (non-hydrogen) atoms. The molecule has 15 atom stereocenters. The van der Waals surface area contributed by atoms with E-state index in [1.54, 1.807) is 7.11 Å². The molecule has 3 N–H and O–H groups in total. The number of aliphatic hydroxyl groups excluding tert-OH is 1. The van der Waals surface area contributed by atoms with Gasteiger partial charge in [0.05, 0.1) is 24.7 Å². The van der Waals surface area contributed by atoms with Gasteiger partial charge in [0.1, 0.15) is 0 Å². The Bertz CT molecular complexity index is 1810. The van der Waals surface area contributed by atoms with Crippen molar-refractivity contribution in [2.75, 3.05) is 20.3 Å². The number of carbonyl (C=O) groups is 1. The molecule has 1 aliphatic heterocycles. The van der Waals surface area contributed by atoms with E-state index >= 15 is 0 Å². The summed E-state index contributed by atoms with van der Waals surface area (Å²) < 4.78 is 12.5. The van der Waals surface area contributed by atoms with Crippen molar-refractivity contribution in [3.8, 4) is 11.8 Å². The molecule has 1 aromatic carbocycles. The zero-order valence-corrected chi connectivity index (χ0v) is 36.5. The molecule has 0 aromatic heterocycles. The Kier molecular flexibility index (Phi) is 9.44. The van der Waals surface area contributed by atoms with Gasteiger partial charge in [0.25, 0.3) is 0 Å². The zero-order valence-electron chi connectivity index (χ0n) is 36.5. The van der Waals surface area contributed by atoms with Crippen molar-refractivity contribution >= 4 is 5.97 Å². The van der Waals surface area contributed by atoms with E-state index in [2.05, 4.69) is 77.6 Å². The van der Waals surface area contributed by atoms with Crippen molar-refractivity contribution in [2.45, 2.75) is 169 Å². The number of aliphatic hydroxyl groups is 2. The lowest BCUT2D eigenvalue weighted by molar-refractivity contribution is -0.378. The third kappa shape index (κ3) is 4.84. The molecule has 6 nitrogen and oxygen atoms in total. The number of carboxylic acid groups (broad SMARTS) is 1. The minimum atomic E-state index is -1.21. The molecule has 1 aromatic rings. The largest absolute Gasteiger partial charge is 0.481 e. The molecule has 6 saturated carbocycles. The summed E-state index contributed by atoms with van der Waals surface area (Å²) in [5.41, 5.74) is 0.175. The van der Waals surface area contributed by atoms with Crippen LogP contribution in [-0.2, 0) is 27.1 Å². The molecule has 1 unspecified atom stereocenters. The topological polar surface area (TPSA) is 96.2 Å². The molecule has 9 rings (SSSR count). The number of rotatable bonds is 9. The van der Waals surface area contributed by atoms with Crippen molar-refractivity contribution < 1.29 is 29.6 Å². The lowest BCUT2D eigenvalue weighted by Crippen LogP contribution is -2.82. The normalized spacial score (nSPS) is 51.8. The Balaban J connectivity index is 1.24. The van der Waals surface area contributed by atoms with Crippen LogP contribution in [-0.4, -0.2) is 53.5 Å². The molecule has 314 valence electrons. The van der Waals surface area contributed by atoms with E-state index in [0.717, 1.165) is 96.3 Å². The average molecular weight is 783 g/mol. The molecule has 4 bridgehead atoms. The van der Waals surface area contributed by atoms with Crippen LogP contribution in [0, 0.1) is 84.8 Å². The summed E-state index contributed by atoms with van der Waals surface area (Å²) >= 11 is 0. The second-order valence-electron chi connectivity index (χ2n) is 22.6. The van der Waals surface area contributed by atoms with Crippen LogP contribution < -0.4 is 0 Å². The van der Waals surface area contributed by atoms with E-state index in [4.69, 9.17) is 9.47 Å². The second-order valence-corrected chi connectivity index (χ2v) is 22.6. The Morgan fingerprint density at radius 2 is 1.63 bits per heavy atom. The number of hydrogen-bond acceptors (Lipinski definition) is 5. The minimum Gasteiger partial charge on any atom is -0.481 e. The van der Waals surface area contributed by atoms with Gasteiger partial charge in [-0.25, -0.2) is 0 Å². The molecule has 8 aliphatic rings. The van der Waals surface area contributed by atoms with Gasteiger partial charge in [-0.15, -0.1) is 5.92 Å². The fourth-order valence-corrected chi connectivity index (χ4v) is 18.3. The van der Waals surface area contributed by atoms with Crippen molar-refractivity contribution in [3.63, 3.8) is 0 Å². The minimum absolute atomic E-state index is 0.0303. The average Bonchev–Trinajstić information content (AvgIpc) is 3.33. The summed E-state index contributed by atoms with van der Waals surface area (Å²) in [6, 6.07) is 8.95. The quantitative estimate of drug-likeness (QED) is 0.216. The van der Waals surface area contributed by atoms with E-state index in [0.29, 0.717) is 30.8 Å². The third-order valence-corrected chi connectivity index (χ3v) is 21.3. The van der Waals surface area contributed by atoms with Gasteiger partial charge in [0.15, 0.2) is 5.79 Å². The summed E-state index contributed by atoms with van der Waals surface area (Å²) in [4.78, 5) is 13.2. The first-order chi connectivity index (χ1) is 27.0. The Morgan fingerprint density at radius 1 is 0.912 bits per heavy atom. The molecular weight excluding hydrogens is 709 g/mol. The van der Waals surface area contributed by atoms with Crippen molar-refractivity contribution in [1.29, 1.82) is 0 Å². The number of methoxy groups -OCH3 is 1. The highest BCUT2D eigenvalue weighted by atomic mass is 16.6. The maximum atomic E-state index is 13.2. The number of hydrogen-bond donors (Lipinski definition) is 3. The summed E-state index contributed by atoms with van der Waals surface area (Å²) in [6.45, 7) is 15.3. The molecule has 2 spiro atoms. The van der Waals surface area contributed by atoms with Crippen LogP contribution in [0.3, 0.4) is 0 Å². The molecule has 0 radical (unpaired) electrons. The van der Waals surface area contributed by atoms with Crippen molar-refractivity contribution in [3.05, 3.63) is 35.4 Å². The summed E-state index contributed by atoms with van der Waals surface area (Å²) in [5.74, 6) is 7.82. The van der Waals surface area contributed by atoms with Gasteiger partial charge in [0.2, 0.25) is 0 Å². The second kappa shape index (κ2) is 13.3. The molecule has 1 heterocycles. The first-order valence-electron chi connectivity index (χ1n) is 23.4. The number of fused-ring (bicyclic) bond motifs is 2. The molecule has 0 amide bonds. The lowest BCUT2D eigenvalue weighted by atomic mass is 9.18. The van der Waals surface area contributed by atoms with Crippen LogP contribution in [0.15, 0.2) is 24.3 Å². The highest BCUT2D eigenvalue weighted by molar-refractivity contribution is 5.74. The fourth-order valence-electron chi connectivity index (χ4n) is 18.3. The van der Waals surface area contributed by atoms with Gasteiger partial charge in [-0.2, -0.15) is 0 Å². The van der Waals surface area contributed by atoms with Gasteiger partial charge in [-0.05, 0) is 160 Å². The van der Waals surface area contributed by atoms with E-state index in [-0.39, 0.29) is 51.6 Å². The van der Waals surface area contributed by atoms with Crippen LogP contribution in [0.25, 0.3) is 0 Å². The Morgan fingerprint density at radius 3 is 2.33 bits per heavy atom. The Labute approximate surface area is 344 Å². The first kappa shape index (κ1) is 40.5. The zero-order chi connectivity index (χ0) is 40.5. The van der Waals surface area contributed by atoms with E-state index in [1.165, 1.54) is 24.0 Å². The number of ether oxygens (including phenoxy) is 2. The first-order valence-corrected chi connectivity index (χ1v) is 23.4. The highest BCUT2D eigenvalue weighted by Gasteiger charge is 2.89.